The summed E-state index contributed by atoms with van der Waals surface area (Å²) in [5.74, 6) is 1.16. The molecule has 0 bridgehead atoms. The monoisotopic (exact) mass is 416 g/mol. The summed E-state index contributed by atoms with van der Waals surface area (Å²) in [6, 6.07) is 10.8. The number of rotatable bonds is 7. The van der Waals surface area contributed by atoms with Crippen LogP contribution < -0.4 is 0 Å². The van der Waals surface area contributed by atoms with Crippen LogP contribution in [0.4, 0.5) is 0 Å². The van der Waals surface area contributed by atoms with Crippen molar-refractivity contribution in [2.45, 2.75) is 84.0 Å². The number of pyridine rings is 1. The van der Waals surface area contributed by atoms with Crippen LogP contribution in [-0.2, 0) is 10.2 Å². The van der Waals surface area contributed by atoms with Crippen LogP contribution in [0.3, 0.4) is 0 Å². The third-order valence-electron chi connectivity index (χ3n) is 7.32. The molecule has 1 aliphatic carbocycles. The number of aromatic amines is 1. The van der Waals surface area contributed by atoms with Crippen molar-refractivity contribution in [3.05, 3.63) is 53.3 Å². The Hall–Kier alpha value is -2.42. The van der Waals surface area contributed by atoms with Gasteiger partial charge >= 0.3 is 0 Å². The molecule has 1 unspecified atom stereocenters. The summed E-state index contributed by atoms with van der Waals surface area (Å²) in [6.45, 7) is 8.64. The molecular weight excluding hydrogens is 380 g/mol. The molecule has 0 saturated heterocycles. The Balaban J connectivity index is 1.72. The average molecular weight is 417 g/mol. The maximum absolute atomic E-state index is 12.3. The third kappa shape index (κ3) is 4.46. The lowest BCUT2D eigenvalue weighted by atomic mass is 9.75. The number of hydrogen-bond acceptors (Lipinski definition) is 2. The first-order valence-corrected chi connectivity index (χ1v) is 12.0. The van der Waals surface area contributed by atoms with Crippen molar-refractivity contribution in [2.75, 3.05) is 0 Å². The van der Waals surface area contributed by atoms with Crippen LogP contribution >= 0.6 is 0 Å². The number of H-pyrrole nitrogens is 1. The van der Waals surface area contributed by atoms with E-state index in [1.165, 1.54) is 60.6 Å². The predicted octanol–water partition coefficient (Wildman–Crippen LogP) is 7.48. The lowest BCUT2D eigenvalue weighted by Crippen LogP contribution is -2.25. The van der Waals surface area contributed by atoms with Gasteiger partial charge in [0.2, 0.25) is 0 Å². The number of carbonyl (C=O) groups is 1. The lowest BCUT2D eigenvalue weighted by molar-refractivity contribution is -0.112. The minimum absolute atomic E-state index is 0.372. The van der Waals surface area contributed by atoms with Gasteiger partial charge in [-0.3, -0.25) is 4.98 Å². The Labute approximate surface area is 186 Å². The smallest absolute Gasteiger partial charge is 0.130 e. The van der Waals surface area contributed by atoms with Crippen LogP contribution in [0.5, 0.6) is 0 Å². The molecule has 31 heavy (non-hydrogen) atoms. The van der Waals surface area contributed by atoms with E-state index >= 15 is 0 Å². The van der Waals surface area contributed by atoms with Gasteiger partial charge in [-0.05, 0) is 73.9 Å². The number of nitrogens with one attached hydrogen (secondary N) is 1. The first kappa shape index (κ1) is 21.8. The summed E-state index contributed by atoms with van der Waals surface area (Å²) >= 11 is 0. The van der Waals surface area contributed by atoms with Gasteiger partial charge in [-0.2, -0.15) is 0 Å². The molecule has 1 aliphatic rings. The molecule has 164 valence electrons. The molecule has 1 saturated carbocycles. The highest BCUT2D eigenvalue weighted by Gasteiger charge is 2.29. The summed E-state index contributed by atoms with van der Waals surface area (Å²) in [6.07, 6.45) is 11.9. The second-order valence-corrected chi connectivity index (χ2v) is 10.1. The maximum atomic E-state index is 12.3. The Morgan fingerprint density at radius 2 is 1.94 bits per heavy atom. The molecule has 0 amide bonds. The molecule has 0 aliphatic heterocycles. The Kier molecular flexibility index (Phi) is 6.31. The number of hydrogen-bond donors (Lipinski definition) is 1. The molecule has 4 rings (SSSR count). The number of aromatic nitrogens is 2. The lowest BCUT2D eigenvalue weighted by Gasteiger charge is -2.28. The fraction of sp³-hybridized carbons (Fsp3) is 0.500. The highest BCUT2D eigenvalue weighted by Crippen LogP contribution is 2.39. The fourth-order valence-corrected chi connectivity index (χ4v) is 5.35. The molecule has 1 N–H and O–H groups in total. The number of fused-ring (bicyclic) bond motifs is 1. The topological polar surface area (TPSA) is 45.8 Å². The van der Waals surface area contributed by atoms with Crippen molar-refractivity contribution in [1.29, 1.82) is 0 Å². The molecule has 1 aromatic carbocycles. The molecule has 0 radical (unpaired) electrons. The molecule has 2 heterocycles. The van der Waals surface area contributed by atoms with Crippen LogP contribution in [0.1, 0.15) is 88.5 Å². The summed E-state index contributed by atoms with van der Waals surface area (Å²) in [4.78, 5) is 20.3. The molecule has 3 heteroatoms. The molecule has 1 fully saturated rings. The van der Waals surface area contributed by atoms with E-state index in [0.29, 0.717) is 5.92 Å². The number of aryl methyl sites for hydroxylation is 1. The Morgan fingerprint density at radius 3 is 2.61 bits per heavy atom. The average Bonchev–Trinajstić information content (AvgIpc) is 3.17. The molecule has 3 nitrogen and oxygen atoms in total. The SMILES string of the molecule is Cc1cc(-c2[nH]c3ccc(C(C)(C=O)CCC4CCCCC4)cc3c2C(C)C)ccn1. The minimum atomic E-state index is -0.426. The van der Waals surface area contributed by atoms with Gasteiger partial charge in [0.25, 0.3) is 0 Å². The van der Waals surface area contributed by atoms with Crippen molar-refractivity contribution in [3.8, 4) is 11.3 Å². The van der Waals surface area contributed by atoms with Gasteiger partial charge in [-0.25, -0.2) is 0 Å². The third-order valence-corrected chi connectivity index (χ3v) is 7.32. The van der Waals surface area contributed by atoms with Crippen molar-refractivity contribution >= 4 is 17.2 Å². The zero-order chi connectivity index (χ0) is 22.0. The summed E-state index contributed by atoms with van der Waals surface area (Å²) in [5.41, 5.74) is 6.53. The van der Waals surface area contributed by atoms with Gasteiger partial charge < -0.3 is 9.78 Å². The van der Waals surface area contributed by atoms with E-state index in [1.807, 2.05) is 13.1 Å². The van der Waals surface area contributed by atoms with Gasteiger partial charge in [0.15, 0.2) is 0 Å². The molecule has 0 spiro atoms. The molecular formula is C28H36N2O. The van der Waals surface area contributed by atoms with Crippen LogP contribution in [0.25, 0.3) is 22.2 Å². The van der Waals surface area contributed by atoms with E-state index in [2.05, 4.69) is 61.1 Å². The van der Waals surface area contributed by atoms with Crippen molar-refractivity contribution < 1.29 is 4.79 Å². The second-order valence-electron chi connectivity index (χ2n) is 10.1. The van der Waals surface area contributed by atoms with E-state index in [9.17, 15) is 4.79 Å². The van der Waals surface area contributed by atoms with Crippen molar-refractivity contribution in [3.63, 3.8) is 0 Å². The first-order valence-electron chi connectivity index (χ1n) is 12.0. The van der Waals surface area contributed by atoms with Crippen molar-refractivity contribution in [2.24, 2.45) is 5.92 Å². The standard InChI is InChI=1S/C28H36N2O/c1-19(2)26-24-17-23(28(4,18-31)14-12-21-8-6-5-7-9-21)10-11-25(24)30-27(26)22-13-15-29-20(3)16-22/h10-11,13,15-19,21,30H,5-9,12,14H2,1-4H3. The summed E-state index contributed by atoms with van der Waals surface area (Å²) in [7, 11) is 0. The van der Waals surface area contributed by atoms with Gasteiger partial charge in [-0.1, -0.05) is 52.0 Å². The van der Waals surface area contributed by atoms with Crippen LogP contribution in [-0.4, -0.2) is 16.3 Å². The summed E-state index contributed by atoms with van der Waals surface area (Å²) < 4.78 is 0. The highest BCUT2D eigenvalue weighted by atomic mass is 16.1. The minimum Gasteiger partial charge on any atom is -0.354 e. The van der Waals surface area contributed by atoms with Gasteiger partial charge in [0.1, 0.15) is 6.29 Å². The van der Waals surface area contributed by atoms with E-state index in [4.69, 9.17) is 0 Å². The number of carbonyl (C=O) groups excluding carboxylic acids is 1. The normalized spacial score (nSPS) is 17.2. The van der Waals surface area contributed by atoms with E-state index in [1.54, 1.807) is 0 Å². The number of nitrogens with zero attached hydrogens (tertiary/aromatic N) is 1. The van der Waals surface area contributed by atoms with Gasteiger partial charge in [0.05, 0.1) is 5.69 Å². The van der Waals surface area contributed by atoms with E-state index < -0.39 is 5.41 Å². The number of aldehydes is 1. The van der Waals surface area contributed by atoms with Gasteiger partial charge in [0, 0.05) is 33.8 Å². The Bertz CT molecular complexity index is 1060. The van der Waals surface area contributed by atoms with Gasteiger partial charge in [-0.15, -0.1) is 0 Å². The predicted molar refractivity (Wildman–Crippen MR) is 130 cm³/mol. The first-order chi connectivity index (χ1) is 14.9. The van der Waals surface area contributed by atoms with E-state index in [-0.39, 0.29) is 0 Å². The van der Waals surface area contributed by atoms with Crippen LogP contribution in [0, 0.1) is 12.8 Å². The second kappa shape index (κ2) is 8.98. The maximum Gasteiger partial charge on any atom is 0.130 e. The molecule has 1 atom stereocenters. The largest absolute Gasteiger partial charge is 0.354 e. The van der Waals surface area contributed by atoms with E-state index in [0.717, 1.165) is 35.5 Å². The number of benzene rings is 1. The highest BCUT2D eigenvalue weighted by molar-refractivity contribution is 5.92. The molecule has 2 aromatic heterocycles. The van der Waals surface area contributed by atoms with Crippen LogP contribution in [0.2, 0.25) is 0 Å². The zero-order valence-electron chi connectivity index (χ0n) is 19.5. The fourth-order valence-electron chi connectivity index (χ4n) is 5.35. The molecule has 3 aromatic rings. The van der Waals surface area contributed by atoms with Crippen molar-refractivity contribution in [1.82, 2.24) is 9.97 Å². The zero-order valence-corrected chi connectivity index (χ0v) is 19.5. The summed E-state index contributed by atoms with van der Waals surface area (Å²) in [5, 5.41) is 1.24. The van der Waals surface area contributed by atoms with Crippen LogP contribution in [0.15, 0.2) is 36.5 Å². The quantitative estimate of drug-likeness (QED) is 0.406. The Morgan fingerprint density at radius 1 is 1.16 bits per heavy atom.